The standard InChI is InChI=1S/C18H26N4/c1-19-6-8-20(9-7-19)10-11-21-12-13-22-17(15-21)14-16-4-2-3-5-18(16)22/h2-5,14H,6-13,15H2,1H3. The van der Waals surface area contributed by atoms with E-state index in [1.807, 2.05) is 0 Å². The molecule has 22 heavy (non-hydrogen) atoms. The minimum atomic E-state index is 1.10. The molecule has 0 bridgehead atoms. The molecule has 0 aliphatic carbocycles. The maximum atomic E-state index is 2.62. The molecule has 1 aromatic carbocycles. The molecule has 1 saturated heterocycles. The van der Waals surface area contributed by atoms with Crippen LogP contribution in [-0.2, 0) is 13.1 Å². The SMILES string of the molecule is CN1CCN(CCN2CCn3c(cc4ccccc43)C2)CC1. The predicted octanol–water partition coefficient (Wildman–Crippen LogP) is 1.70. The van der Waals surface area contributed by atoms with Gasteiger partial charge in [0.1, 0.15) is 0 Å². The minimum absolute atomic E-state index is 1.10. The Labute approximate surface area is 132 Å². The highest BCUT2D eigenvalue weighted by molar-refractivity contribution is 5.81. The van der Waals surface area contributed by atoms with Crippen LogP contribution in [0.25, 0.3) is 10.9 Å². The molecule has 0 amide bonds. The molecule has 2 aliphatic rings. The Morgan fingerprint density at radius 3 is 2.45 bits per heavy atom. The van der Waals surface area contributed by atoms with E-state index < -0.39 is 0 Å². The zero-order valence-electron chi connectivity index (χ0n) is 13.5. The lowest BCUT2D eigenvalue weighted by molar-refractivity contribution is 0.127. The van der Waals surface area contributed by atoms with Gasteiger partial charge in [0.05, 0.1) is 0 Å². The molecule has 0 N–H and O–H groups in total. The first-order valence-electron chi connectivity index (χ1n) is 8.50. The molecule has 2 aromatic rings. The van der Waals surface area contributed by atoms with Gasteiger partial charge in [0.25, 0.3) is 0 Å². The second kappa shape index (κ2) is 6.03. The molecule has 118 valence electrons. The van der Waals surface area contributed by atoms with Crippen LogP contribution in [0.2, 0.25) is 0 Å². The number of nitrogens with zero attached hydrogens (tertiary/aromatic N) is 4. The van der Waals surface area contributed by atoms with Gasteiger partial charge in [-0.2, -0.15) is 0 Å². The molecule has 2 aliphatic heterocycles. The molecule has 0 unspecified atom stereocenters. The van der Waals surface area contributed by atoms with Gasteiger partial charge >= 0.3 is 0 Å². The summed E-state index contributed by atoms with van der Waals surface area (Å²) in [5.74, 6) is 0. The van der Waals surface area contributed by atoms with Crippen molar-refractivity contribution in [3.8, 4) is 0 Å². The molecular formula is C18H26N4. The summed E-state index contributed by atoms with van der Waals surface area (Å²) < 4.78 is 2.50. The molecular weight excluding hydrogens is 272 g/mol. The first-order chi connectivity index (χ1) is 10.8. The van der Waals surface area contributed by atoms with Gasteiger partial charge in [0.2, 0.25) is 0 Å². The summed E-state index contributed by atoms with van der Waals surface area (Å²) in [6.07, 6.45) is 0. The van der Waals surface area contributed by atoms with Crippen LogP contribution in [0.15, 0.2) is 30.3 Å². The van der Waals surface area contributed by atoms with Crippen LogP contribution in [0.5, 0.6) is 0 Å². The van der Waals surface area contributed by atoms with Crippen molar-refractivity contribution in [2.45, 2.75) is 13.1 Å². The Kier molecular flexibility index (Phi) is 3.90. The van der Waals surface area contributed by atoms with Crippen LogP contribution in [0.4, 0.5) is 0 Å². The van der Waals surface area contributed by atoms with E-state index in [0.717, 1.165) is 13.1 Å². The largest absolute Gasteiger partial charge is 0.342 e. The van der Waals surface area contributed by atoms with Crippen molar-refractivity contribution in [1.29, 1.82) is 0 Å². The Hall–Kier alpha value is -1.36. The lowest BCUT2D eigenvalue weighted by Crippen LogP contribution is -2.47. The van der Waals surface area contributed by atoms with E-state index in [1.165, 1.54) is 62.4 Å². The van der Waals surface area contributed by atoms with Crippen molar-refractivity contribution in [3.63, 3.8) is 0 Å². The molecule has 4 nitrogen and oxygen atoms in total. The van der Waals surface area contributed by atoms with E-state index in [-0.39, 0.29) is 0 Å². The highest BCUT2D eigenvalue weighted by Gasteiger charge is 2.20. The zero-order chi connectivity index (χ0) is 14.9. The number of likely N-dealkylation sites (N-methyl/N-ethyl adjacent to an activating group) is 1. The maximum absolute atomic E-state index is 2.62. The first kappa shape index (κ1) is 14.2. The number of para-hydroxylation sites is 1. The van der Waals surface area contributed by atoms with Crippen molar-refractivity contribution >= 4 is 10.9 Å². The van der Waals surface area contributed by atoms with Gasteiger partial charge in [-0.1, -0.05) is 18.2 Å². The second-order valence-corrected chi connectivity index (χ2v) is 6.77. The number of piperazine rings is 1. The van der Waals surface area contributed by atoms with Gasteiger partial charge in [0, 0.05) is 70.1 Å². The van der Waals surface area contributed by atoms with Crippen molar-refractivity contribution < 1.29 is 0 Å². The van der Waals surface area contributed by atoms with E-state index in [9.17, 15) is 0 Å². The molecule has 0 radical (unpaired) electrons. The molecule has 1 aromatic heterocycles. The molecule has 4 heteroatoms. The monoisotopic (exact) mass is 298 g/mol. The fourth-order valence-corrected chi connectivity index (χ4v) is 3.76. The summed E-state index contributed by atoms with van der Waals surface area (Å²) in [7, 11) is 2.22. The van der Waals surface area contributed by atoms with Crippen LogP contribution in [-0.4, -0.2) is 72.1 Å². The molecule has 4 rings (SSSR count). The van der Waals surface area contributed by atoms with Gasteiger partial charge in [-0.25, -0.2) is 0 Å². The van der Waals surface area contributed by atoms with E-state index in [0.29, 0.717) is 0 Å². The van der Waals surface area contributed by atoms with Gasteiger partial charge in [-0.05, 0) is 24.6 Å². The fourth-order valence-electron chi connectivity index (χ4n) is 3.76. The highest BCUT2D eigenvalue weighted by atomic mass is 15.3. The quantitative estimate of drug-likeness (QED) is 0.857. The average Bonchev–Trinajstić information content (AvgIpc) is 2.92. The lowest BCUT2D eigenvalue weighted by Gasteiger charge is -2.35. The van der Waals surface area contributed by atoms with Gasteiger partial charge in [0.15, 0.2) is 0 Å². The van der Waals surface area contributed by atoms with Crippen LogP contribution in [0, 0.1) is 0 Å². The van der Waals surface area contributed by atoms with Gasteiger partial charge in [-0.15, -0.1) is 0 Å². The van der Waals surface area contributed by atoms with E-state index in [4.69, 9.17) is 0 Å². The maximum Gasteiger partial charge on any atom is 0.0483 e. The summed E-state index contributed by atoms with van der Waals surface area (Å²) in [5.41, 5.74) is 2.88. The number of aromatic nitrogens is 1. The van der Waals surface area contributed by atoms with E-state index >= 15 is 0 Å². The summed E-state index contributed by atoms with van der Waals surface area (Å²) in [5, 5.41) is 1.39. The first-order valence-corrected chi connectivity index (χ1v) is 8.50. The summed E-state index contributed by atoms with van der Waals surface area (Å²) in [6, 6.07) is 11.1. The second-order valence-electron chi connectivity index (χ2n) is 6.77. The zero-order valence-corrected chi connectivity index (χ0v) is 13.5. The van der Waals surface area contributed by atoms with Crippen LogP contribution < -0.4 is 0 Å². The van der Waals surface area contributed by atoms with Crippen molar-refractivity contribution in [2.75, 3.05) is 52.9 Å². The number of benzene rings is 1. The van der Waals surface area contributed by atoms with Gasteiger partial charge in [-0.3, -0.25) is 9.80 Å². The Morgan fingerprint density at radius 2 is 1.59 bits per heavy atom. The van der Waals surface area contributed by atoms with Gasteiger partial charge < -0.3 is 9.47 Å². The fraction of sp³-hybridized carbons (Fsp3) is 0.556. The summed E-state index contributed by atoms with van der Waals surface area (Å²) >= 11 is 0. The molecule has 0 saturated carbocycles. The predicted molar refractivity (Wildman–Crippen MR) is 91.2 cm³/mol. The number of rotatable bonds is 3. The molecule has 1 fully saturated rings. The third-order valence-corrected chi connectivity index (χ3v) is 5.25. The van der Waals surface area contributed by atoms with Crippen LogP contribution in [0.1, 0.15) is 5.69 Å². The summed E-state index contributed by atoms with van der Waals surface area (Å²) in [6.45, 7) is 10.7. The summed E-state index contributed by atoms with van der Waals surface area (Å²) in [4.78, 5) is 7.66. The number of hydrogen-bond donors (Lipinski definition) is 0. The highest BCUT2D eigenvalue weighted by Crippen LogP contribution is 2.23. The molecule has 3 heterocycles. The van der Waals surface area contributed by atoms with Crippen molar-refractivity contribution in [1.82, 2.24) is 19.3 Å². The smallest absolute Gasteiger partial charge is 0.0483 e. The van der Waals surface area contributed by atoms with Crippen LogP contribution >= 0.6 is 0 Å². The Balaban J connectivity index is 1.38. The van der Waals surface area contributed by atoms with Crippen LogP contribution in [0.3, 0.4) is 0 Å². The van der Waals surface area contributed by atoms with E-state index in [1.54, 1.807) is 0 Å². The third kappa shape index (κ3) is 2.78. The Bertz CT molecular complexity index is 640. The molecule has 0 spiro atoms. The average molecular weight is 298 g/mol. The third-order valence-electron chi connectivity index (χ3n) is 5.25. The topological polar surface area (TPSA) is 14.7 Å². The minimum Gasteiger partial charge on any atom is -0.342 e. The number of fused-ring (bicyclic) bond motifs is 3. The molecule has 0 atom stereocenters. The Morgan fingerprint density at radius 1 is 0.864 bits per heavy atom. The van der Waals surface area contributed by atoms with Crippen molar-refractivity contribution in [2.24, 2.45) is 0 Å². The van der Waals surface area contributed by atoms with Crippen molar-refractivity contribution in [3.05, 3.63) is 36.0 Å². The van der Waals surface area contributed by atoms with E-state index in [2.05, 4.69) is 56.6 Å². The lowest BCUT2D eigenvalue weighted by atomic mass is 10.2. The normalized spacial score (nSPS) is 21.3. The number of hydrogen-bond acceptors (Lipinski definition) is 3.